The third-order valence-electron chi connectivity index (χ3n) is 3.43. The van der Waals surface area contributed by atoms with Crippen LogP contribution in [0.15, 0.2) is 18.2 Å². The lowest BCUT2D eigenvalue weighted by molar-refractivity contribution is 0.122. The van der Waals surface area contributed by atoms with Gasteiger partial charge >= 0.3 is 0 Å². The van der Waals surface area contributed by atoms with E-state index in [1.807, 2.05) is 13.8 Å². The molecule has 4 heteroatoms. The van der Waals surface area contributed by atoms with Gasteiger partial charge in [-0.15, -0.1) is 0 Å². The van der Waals surface area contributed by atoms with Crippen molar-refractivity contribution in [2.75, 3.05) is 37.8 Å². The summed E-state index contributed by atoms with van der Waals surface area (Å²) in [5.41, 5.74) is 1.40. The standard InChI is InChI=1S/C14H20FNO2/c1-14(2,10-17)12-9-11(15)3-4-13(12)16-5-7-18-8-6-16/h3-4,9,17H,5-8,10H2,1-2H3. The highest BCUT2D eigenvalue weighted by molar-refractivity contribution is 5.57. The Morgan fingerprint density at radius 2 is 2.00 bits per heavy atom. The summed E-state index contributed by atoms with van der Waals surface area (Å²) in [5.74, 6) is -0.261. The highest BCUT2D eigenvalue weighted by Crippen LogP contribution is 2.33. The van der Waals surface area contributed by atoms with E-state index in [4.69, 9.17) is 4.74 Å². The van der Waals surface area contributed by atoms with Crippen LogP contribution in [0.3, 0.4) is 0 Å². The fourth-order valence-electron chi connectivity index (χ4n) is 2.22. The van der Waals surface area contributed by atoms with Crippen LogP contribution in [0.4, 0.5) is 10.1 Å². The molecule has 1 N–H and O–H groups in total. The molecule has 0 radical (unpaired) electrons. The van der Waals surface area contributed by atoms with Crippen LogP contribution < -0.4 is 4.90 Å². The molecule has 0 aliphatic carbocycles. The lowest BCUT2D eigenvalue weighted by Gasteiger charge is -2.34. The van der Waals surface area contributed by atoms with Gasteiger partial charge in [0.1, 0.15) is 5.82 Å². The maximum Gasteiger partial charge on any atom is 0.123 e. The maximum atomic E-state index is 13.5. The third kappa shape index (κ3) is 2.65. The minimum Gasteiger partial charge on any atom is -0.395 e. The van der Waals surface area contributed by atoms with Crippen molar-refractivity contribution < 1.29 is 14.2 Å². The zero-order valence-corrected chi connectivity index (χ0v) is 10.9. The molecule has 1 aromatic rings. The second-order valence-corrected chi connectivity index (χ2v) is 5.30. The van der Waals surface area contributed by atoms with E-state index in [1.54, 1.807) is 6.07 Å². The second-order valence-electron chi connectivity index (χ2n) is 5.30. The average molecular weight is 253 g/mol. The Morgan fingerprint density at radius 1 is 1.33 bits per heavy atom. The van der Waals surface area contributed by atoms with Crippen molar-refractivity contribution in [2.45, 2.75) is 19.3 Å². The molecule has 0 bridgehead atoms. The van der Waals surface area contributed by atoms with Gasteiger partial charge in [-0.25, -0.2) is 4.39 Å². The average Bonchev–Trinajstić information content (AvgIpc) is 2.39. The molecule has 18 heavy (non-hydrogen) atoms. The maximum absolute atomic E-state index is 13.5. The van der Waals surface area contributed by atoms with Crippen molar-refractivity contribution in [1.29, 1.82) is 0 Å². The molecule has 1 aromatic carbocycles. The first kappa shape index (κ1) is 13.3. The van der Waals surface area contributed by atoms with Gasteiger partial charge in [-0.3, -0.25) is 0 Å². The van der Waals surface area contributed by atoms with Crippen molar-refractivity contribution in [3.05, 3.63) is 29.6 Å². The highest BCUT2D eigenvalue weighted by Gasteiger charge is 2.26. The van der Waals surface area contributed by atoms with Gasteiger partial charge in [0.2, 0.25) is 0 Å². The van der Waals surface area contributed by atoms with Crippen molar-refractivity contribution in [3.63, 3.8) is 0 Å². The molecule has 1 fully saturated rings. The second kappa shape index (κ2) is 5.24. The molecule has 100 valence electrons. The van der Waals surface area contributed by atoms with Gasteiger partial charge in [0.25, 0.3) is 0 Å². The molecular formula is C14H20FNO2. The summed E-state index contributed by atoms with van der Waals surface area (Å²) in [7, 11) is 0. The van der Waals surface area contributed by atoms with E-state index >= 15 is 0 Å². The minimum atomic E-state index is -0.449. The summed E-state index contributed by atoms with van der Waals surface area (Å²) in [6.45, 7) is 6.83. The lowest BCUT2D eigenvalue weighted by Crippen LogP contribution is -2.38. The Labute approximate surface area is 107 Å². The number of morpholine rings is 1. The fraction of sp³-hybridized carbons (Fsp3) is 0.571. The smallest absolute Gasteiger partial charge is 0.123 e. The normalized spacial score (nSPS) is 17.0. The van der Waals surface area contributed by atoms with Crippen LogP contribution in [0, 0.1) is 5.82 Å². The van der Waals surface area contributed by atoms with E-state index in [9.17, 15) is 9.50 Å². The zero-order chi connectivity index (χ0) is 13.2. The minimum absolute atomic E-state index is 0.00616. The van der Waals surface area contributed by atoms with Crippen molar-refractivity contribution >= 4 is 5.69 Å². The Hall–Kier alpha value is -1.13. The lowest BCUT2D eigenvalue weighted by atomic mass is 9.84. The monoisotopic (exact) mass is 253 g/mol. The number of hydrogen-bond donors (Lipinski definition) is 1. The largest absolute Gasteiger partial charge is 0.395 e. The van der Waals surface area contributed by atoms with Crippen LogP contribution >= 0.6 is 0 Å². The summed E-state index contributed by atoms with van der Waals surface area (Å²) in [5, 5.41) is 9.50. The molecule has 0 unspecified atom stereocenters. The number of ether oxygens (including phenoxy) is 1. The molecule has 0 aromatic heterocycles. The Morgan fingerprint density at radius 3 is 2.61 bits per heavy atom. The van der Waals surface area contributed by atoms with Gasteiger partial charge in [0.05, 0.1) is 19.8 Å². The summed E-state index contributed by atoms with van der Waals surface area (Å²) in [6.07, 6.45) is 0. The van der Waals surface area contributed by atoms with Gasteiger partial charge in [0, 0.05) is 24.2 Å². The summed E-state index contributed by atoms with van der Waals surface area (Å²) < 4.78 is 18.8. The van der Waals surface area contributed by atoms with Crippen LogP contribution in [0.1, 0.15) is 19.4 Å². The number of aliphatic hydroxyl groups excluding tert-OH is 1. The summed E-state index contributed by atoms with van der Waals surface area (Å²) in [6, 6.07) is 4.80. The predicted molar refractivity (Wildman–Crippen MR) is 69.5 cm³/mol. The molecule has 1 heterocycles. The SMILES string of the molecule is CC(C)(CO)c1cc(F)ccc1N1CCOCC1. The molecule has 2 rings (SSSR count). The molecular weight excluding hydrogens is 233 g/mol. The molecule has 0 saturated carbocycles. The predicted octanol–water partition coefficient (Wildman–Crippen LogP) is 1.93. The van der Waals surface area contributed by atoms with Crippen LogP contribution in [0.25, 0.3) is 0 Å². The van der Waals surface area contributed by atoms with Crippen molar-refractivity contribution in [3.8, 4) is 0 Å². The van der Waals surface area contributed by atoms with Crippen molar-refractivity contribution in [2.24, 2.45) is 0 Å². The first-order valence-electron chi connectivity index (χ1n) is 6.28. The first-order chi connectivity index (χ1) is 8.54. The third-order valence-corrected chi connectivity index (χ3v) is 3.43. The molecule has 0 amide bonds. The van der Waals surface area contributed by atoms with E-state index in [-0.39, 0.29) is 12.4 Å². The van der Waals surface area contributed by atoms with Gasteiger partial charge in [-0.1, -0.05) is 13.8 Å². The number of anilines is 1. The van der Waals surface area contributed by atoms with Gasteiger partial charge in [0.15, 0.2) is 0 Å². The molecule has 0 spiro atoms. The fourth-order valence-corrected chi connectivity index (χ4v) is 2.22. The van der Waals surface area contributed by atoms with Gasteiger partial charge in [-0.2, -0.15) is 0 Å². The summed E-state index contributed by atoms with van der Waals surface area (Å²) >= 11 is 0. The molecule has 1 saturated heterocycles. The summed E-state index contributed by atoms with van der Waals surface area (Å²) in [4.78, 5) is 2.19. The molecule has 1 aliphatic rings. The van der Waals surface area contributed by atoms with Gasteiger partial charge in [-0.05, 0) is 23.8 Å². The Balaban J connectivity index is 2.39. The molecule has 3 nitrogen and oxygen atoms in total. The van der Waals surface area contributed by atoms with Gasteiger partial charge < -0.3 is 14.7 Å². The van der Waals surface area contributed by atoms with E-state index in [2.05, 4.69) is 4.90 Å². The zero-order valence-electron chi connectivity index (χ0n) is 10.9. The quantitative estimate of drug-likeness (QED) is 0.893. The van der Waals surface area contributed by atoms with E-state index < -0.39 is 5.41 Å². The number of halogens is 1. The molecule has 1 aliphatic heterocycles. The van der Waals surface area contributed by atoms with E-state index in [0.29, 0.717) is 13.2 Å². The number of nitrogens with zero attached hydrogens (tertiary/aromatic N) is 1. The number of aliphatic hydroxyl groups is 1. The van der Waals surface area contributed by atoms with E-state index in [0.717, 1.165) is 24.3 Å². The topological polar surface area (TPSA) is 32.7 Å². The number of rotatable bonds is 3. The van der Waals surface area contributed by atoms with Crippen LogP contribution in [-0.4, -0.2) is 38.0 Å². The Bertz CT molecular complexity index is 414. The number of hydrogen-bond acceptors (Lipinski definition) is 3. The highest BCUT2D eigenvalue weighted by atomic mass is 19.1. The number of benzene rings is 1. The Kier molecular flexibility index (Phi) is 3.88. The van der Waals surface area contributed by atoms with Crippen molar-refractivity contribution in [1.82, 2.24) is 0 Å². The first-order valence-corrected chi connectivity index (χ1v) is 6.28. The van der Waals surface area contributed by atoms with Crippen LogP contribution in [-0.2, 0) is 10.2 Å². The van der Waals surface area contributed by atoms with E-state index in [1.165, 1.54) is 12.1 Å². The van der Waals surface area contributed by atoms with Crippen LogP contribution in [0.2, 0.25) is 0 Å². The molecule has 0 atom stereocenters. The van der Waals surface area contributed by atoms with Crippen LogP contribution in [0.5, 0.6) is 0 Å².